The summed E-state index contributed by atoms with van der Waals surface area (Å²) in [6, 6.07) is 3.94. The molecule has 0 unspecified atom stereocenters. The molecule has 0 amide bonds. The van der Waals surface area contributed by atoms with Gasteiger partial charge in [-0.25, -0.2) is 13.1 Å². The summed E-state index contributed by atoms with van der Waals surface area (Å²) in [5, 5.41) is 3.37. The second kappa shape index (κ2) is 6.77. The summed E-state index contributed by atoms with van der Waals surface area (Å²) >= 11 is 0. The fraction of sp³-hybridized carbons (Fsp3) is 0.600. The van der Waals surface area contributed by atoms with E-state index in [-0.39, 0.29) is 0 Å². The van der Waals surface area contributed by atoms with Gasteiger partial charge in [0.15, 0.2) is 0 Å². The first-order valence-electron chi connectivity index (χ1n) is 7.32. The molecule has 0 radical (unpaired) electrons. The molecule has 21 heavy (non-hydrogen) atoms. The van der Waals surface area contributed by atoms with Crippen LogP contribution in [0.1, 0.15) is 30.4 Å². The van der Waals surface area contributed by atoms with E-state index >= 15 is 0 Å². The highest BCUT2D eigenvalue weighted by Gasteiger charge is 2.21. The third-order valence-electron chi connectivity index (χ3n) is 3.89. The van der Waals surface area contributed by atoms with Crippen LogP contribution in [-0.2, 0) is 10.0 Å². The lowest BCUT2D eigenvalue weighted by atomic mass is 10.1. The molecular formula is C15H24N2O3S. The molecule has 5 nitrogen and oxygen atoms in total. The minimum absolute atomic E-state index is 0.364. The summed E-state index contributed by atoms with van der Waals surface area (Å²) in [6.07, 6.45) is 3.13. The van der Waals surface area contributed by atoms with Gasteiger partial charge < -0.3 is 10.1 Å². The fourth-order valence-corrected chi connectivity index (χ4v) is 4.39. The van der Waals surface area contributed by atoms with E-state index in [0.717, 1.165) is 19.4 Å². The van der Waals surface area contributed by atoms with Gasteiger partial charge in [0.1, 0.15) is 5.75 Å². The van der Waals surface area contributed by atoms with E-state index in [2.05, 4.69) is 10.0 Å². The van der Waals surface area contributed by atoms with Gasteiger partial charge in [-0.15, -0.1) is 0 Å². The Kier molecular flexibility index (Phi) is 5.24. The van der Waals surface area contributed by atoms with Gasteiger partial charge in [0.25, 0.3) is 0 Å². The van der Waals surface area contributed by atoms with Crippen molar-refractivity contribution in [2.45, 2.75) is 44.0 Å². The zero-order chi connectivity index (χ0) is 15.5. The van der Waals surface area contributed by atoms with Crippen LogP contribution in [0, 0.1) is 13.8 Å². The Labute approximate surface area is 127 Å². The Morgan fingerprint density at radius 2 is 2.00 bits per heavy atom. The quantitative estimate of drug-likeness (QED) is 0.839. The zero-order valence-corrected chi connectivity index (χ0v) is 13.7. The van der Waals surface area contributed by atoms with Gasteiger partial charge in [-0.3, -0.25) is 0 Å². The first-order valence-corrected chi connectivity index (χ1v) is 8.80. The monoisotopic (exact) mass is 312 g/mol. The minimum atomic E-state index is -3.47. The summed E-state index contributed by atoms with van der Waals surface area (Å²) in [6.45, 7) is 5.09. The van der Waals surface area contributed by atoms with E-state index in [1.165, 1.54) is 6.42 Å². The van der Waals surface area contributed by atoms with Crippen molar-refractivity contribution in [3.63, 3.8) is 0 Å². The van der Waals surface area contributed by atoms with Gasteiger partial charge in [0.2, 0.25) is 10.0 Å². The van der Waals surface area contributed by atoms with E-state index in [0.29, 0.717) is 34.4 Å². The number of sulfonamides is 1. The molecule has 118 valence electrons. The number of nitrogens with one attached hydrogen (secondary N) is 2. The predicted octanol–water partition coefficient (Wildman–Crippen LogP) is 1.73. The van der Waals surface area contributed by atoms with Crippen LogP contribution >= 0.6 is 0 Å². The number of hydrogen-bond donors (Lipinski definition) is 2. The number of aryl methyl sites for hydroxylation is 2. The number of rotatable bonds is 6. The van der Waals surface area contributed by atoms with Gasteiger partial charge in [0, 0.05) is 12.6 Å². The molecule has 2 N–H and O–H groups in total. The second-order valence-electron chi connectivity index (χ2n) is 5.57. The molecule has 2 rings (SSSR count). The normalized spacial score (nSPS) is 18.9. The van der Waals surface area contributed by atoms with Crippen molar-refractivity contribution in [2.75, 3.05) is 20.2 Å². The van der Waals surface area contributed by atoms with E-state index in [9.17, 15) is 8.42 Å². The van der Waals surface area contributed by atoms with E-state index in [1.807, 2.05) is 0 Å². The van der Waals surface area contributed by atoms with Gasteiger partial charge in [0.05, 0.1) is 12.0 Å². The van der Waals surface area contributed by atoms with E-state index in [1.54, 1.807) is 33.1 Å². The summed E-state index contributed by atoms with van der Waals surface area (Å²) in [5.41, 5.74) is 1.41. The minimum Gasteiger partial charge on any atom is -0.497 e. The van der Waals surface area contributed by atoms with Crippen LogP contribution < -0.4 is 14.8 Å². The van der Waals surface area contributed by atoms with Crippen LogP contribution in [0.2, 0.25) is 0 Å². The zero-order valence-electron chi connectivity index (χ0n) is 12.9. The Bertz CT molecular complexity index is 570. The maximum atomic E-state index is 12.5. The average Bonchev–Trinajstić information content (AvgIpc) is 2.90. The van der Waals surface area contributed by atoms with Crippen LogP contribution in [0.5, 0.6) is 5.75 Å². The molecular weight excluding hydrogens is 288 g/mol. The maximum absolute atomic E-state index is 12.5. The molecule has 0 saturated carbocycles. The predicted molar refractivity (Wildman–Crippen MR) is 83.3 cm³/mol. The highest BCUT2D eigenvalue weighted by Crippen LogP contribution is 2.25. The SMILES string of the molecule is COc1cc(C)c(S(=O)(=O)NCC[C@H]2CCCN2)c(C)c1. The Hall–Kier alpha value is -1.11. The molecule has 1 atom stereocenters. The van der Waals surface area contributed by atoms with Gasteiger partial charge in [-0.2, -0.15) is 0 Å². The van der Waals surface area contributed by atoms with Gasteiger partial charge >= 0.3 is 0 Å². The topological polar surface area (TPSA) is 67.4 Å². The summed E-state index contributed by atoms with van der Waals surface area (Å²) in [5.74, 6) is 0.680. The van der Waals surface area contributed by atoms with Gasteiger partial charge in [-0.1, -0.05) is 0 Å². The van der Waals surface area contributed by atoms with Crippen LogP contribution in [0.25, 0.3) is 0 Å². The summed E-state index contributed by atoms with van der Waals surface area (Å²) in [7, 11) is -1.89. The number of benzene rings is 1. The van der Waals surface area contributed by atoms with Gasteiger partial charge in [-0.05, 0) is 62.9 Å². The summed E-state index contributed by atoms with van der Waals surface area (Å²) in [4.78, 5) is 0.364. The molecule has 0 aromatic heterocycles. The number of ether oxygens (including phenoxy) is 1. The lowest BCUT2D eigenvalue weighted by Gasteiger charge is -2.15. The molecule has 1 aliphatic rings. The van der Waals surface area contributed by atoms with Crippen molar-refractivity contribution in [1.82, 2.24) is 10.0 Å². The van der Waals surface area contributed by atoms with Crippen LogP contribution in [0.3, 0.4) is 0 Å². The Morgan fingerprint density at radius 1 is 1.33 bits per heavy atom. The van der Waals surface area contributed by atoms with E-state index in [4.69, 9.17) is 4.74 Å². The number of hydrogen-bond acceptors (Lipinski definition) is 4. The molecule has 6 heteroatoms. The molecule has 0 spiro atoms. The standard InChI is InChI=1S/C15H24N2O3S/c1-11-9-14(20-3)10-12(2)15(11)21(18,19)17-8-6-13-5-4-7-16-13/h9-10,13,16-17H,4-8H2,1-3H3/t13-/m1/s1. The highest BCUT2D eigenvalue weighted by atomic mass is 32.2. The van der Waals surface area contributed by atoms with Crippen LogP contribution in [-0.4, -0.2) is 34.7 Å². The molecule has 1 aromatic carbocycles. The molecule has 0 aliphatic carbocycles. The van der Waals surface area contributed by atoms with Crippen LogP contribution in [0.15, 0.2) is 17.0 Å². The molecule has 1 heterocycles. The number of methoxy groups -OCH3 is 1. The molecule has 1 aromatic rings. The second-order valence-corrected chi connectivity index (χ2v) is 7.27. The maximum Gasteiger partial charge on any atom is 0.241 e. The third-order valence-corrected chi connectivity index (χ3v) is 5.65. The van der Waals surface area contributed by atoms with Crippen LogP contribution in [0.4, 0.5) is 0 Å². The average molecular weight is 312 g/mol. The summed E-state index contributed by atoms with van der Waals surface area (Å²) < 4.78 is 32.8. The first-order chi connectivity index (χ1) is 9.94. The largest absolute Gasteiger partial charge is 0.497 e. The van der Waals surface area contributed by atoms with Crippen molar-refractivity contribution < 1.29 is 13.2 Å². The molecule has 0 bridgehead atoms. The Morgan fingerprint density at radius 3 is 2.52 bits per heavy atom. The smallest absolute Gasteiger partial charge is 0.241 e. The van der Waals surface area contributed by atoms with Crippen molar-refractivity contribution in [3.8, 4) is 5.75 Å². The highest BCUT2D eigenvalue weighted by molar-refractivity contribution is 7.89. The van der Waals surface area contributed by atoms with E-state index < -0.39 is 10.0 Å². The Balaban J connectivity index is 2.08. The molecule has 1 saturated heterocycles. The lowest BCUT2D eigenvalue weighted by molar-refractivity contribution is 0.413. The fourth-order valence-electron chi connectivity index (χ4n) is 2.90. The van der Waals surface area contributed by atoms with Crippen molar-refractivity contribution in [3.05, 3.63) is 23.3 Å². The lowest BCUT2D eigenvalue weighted by Crippen LogP contribution is -2.31. The molecule has 1 aliphatic heterocycles. The third kappa shape index (κ3) is 3.96. The molecule has 1 fully saturated rings. The van der Waals surface area contributed by atoms with Crippen molar-refractivity contribution in [2.24, 2.45) is 0 Å². The first kappa shape index (κ1) is 16.3. The van der Waals surface area contributed by atoms with Crippen molar-refractivity contribution in [1.29, 1.82) is 0 Å². The van der Waals surface area contributed by atoms with Crippen molar-refractivity contribution >= 4 is 10.0 Å².